The number of anilines is 1. The van der Waals surface area contributed by atoms with E-state index in [2.05, 4.69) is 15.3 Å². The fourth-order valence-electron chi connectivity index (χ4n) is 3.50. The van der Waals surface area contributed by atoms with Gasteiger partial charge in [0.2, 0.25) is 5.95 Å². The zero-order valence-electron chi connectivity index (χ0n) is 16.6. The second-order valence-corrected chi connectivity index (χ2v) is 7.25. The first-order valence-electron chi connectivity index (χ1n) is 9.42. The number of hydrogen-bond acceptors (Lipinski definition) is 6. The summed E-state index contributed by atoms with van der Waals surface area (Å²) in [6, 6.07) is 4.69. The summed E-state index contributed by atoms with van der Waals surface area (Å²) in [6.45, 7) is 0. The molecule has 0 unspecified atom stereocenters. The molecule has 4 rings (SSSR count). The molecule has 0 bridgehead atoms. The Bertz CT molecular complexity index is 1120. The highest BCUT2D eigenvalue weighted by Gasteiger charge is 2.19. The number of nitrogens with one attached hydrogen (secondary N) is 1. The Morgan fingerprint density at radius 2 is 1.90 bits per heavy atom. The van der Waals surface area contributed by atoms with E-state index in [9.17, 15) is 13.6 Å². The molecule has 7 nitrogen and oxygen atoms in total. The van der Waals surface area contributed by atoms with E-state index in [-0.39, 0.29) is 23.9 Å². The van der Waals surface area contributed by atoms with Crippen molar-refractivity contribution in [2.24, 2.45) is 0 Å². The van der Waals surface area contributed by atoms with Crippen LogP contribution in [0, 0.1) is 11.6 Å². The highest BCUT2D eigenvalue weighted by molar-refractivity contribution is 5.85. The lowest BCUT2D eigenvalue weighted by molar-refractivity contribution is 0.429. The highest BCUT2D eigenvalue weighted by atomic mass is 35.5. The van der Waals surface area contributed by atoms with Crippen molar-refractivity contribution in [3.05, 3.63) is 52.5 Å². The van der Waals surface area contributed by atoms with Gasteiger partial charge in [-0.2, -0.15) is 9.66 Å². The first-order valence-corrected chi connectivity index (χ1v) is 9.42. The van der Waals surface area contributed by atoms with Crippen LogP contribution in [0.3, 0.4) is 0 Å². The van der Waals surface area contributed by atoms with Crippen molar-refractivity contribution >= 4 is 29.4 Å². The molecule has 1 fully saturated rings. The molecular weight excluding hydrogens is 416 g/mol. The predicted octanol–water partition coefficient (Wildman–Crippen LogP) is 3.84. The molecule has 0 spiro atoms. The van der Waals surface area contributed by atoms with Gasteiger partial charge >= 0.3 is 5.56 Å². The third-order valence-corrected chi connectivity index (χ3v) is 4.89. The van der Waals surface area contributed by atoms with Gasteiger partial charge in [-0.25, -0.2) is 13.8 Å². The number of hydrogen-bond donors (Lipinski definition) is 1. The smallest absolute Gasteiger partial charge is 0.313 e. The monoisotopic (exact) mass is 437 g/mol. The Kier molecular flexibility index (Phi) is 6.40. The van der Waals surface area contributed by atoms with Crippen LogP contribution in [0.15, 0.2) is 35.3 Å². The van der Waals surface area contributed by atoms with Crippen molar-refractivity contribution in [1.29, 1.82) is 0 Å². The summed E-state index contributed by atoms with van der Waals surface area (Å²) >= 11 is 0. The maximum absolute atomic E-state index is 14.0. The standard InChI is InChI=1S/C20H21F2N5O2.ClH/c1-26(2)27-18-12(11-23-20(25-18)24-14-5-3-4-6-14)9-17(19(27)28)29-16-8-7-13(21)10-15(16)22;/h7-11,14H,3-6H2,1-2H3,(H,23,24,25);1H. The molecule has 0 atom stereocenters. The third kappa shape index (κ3) is 4.30. The Morgan fingerprint density at radius 3 is 2.57 bits per heavy atom. The SMILES string of the molecule is CN(C)n1c(=O)c(Oc2ccc(F)cc2F)cc2cnc(NC3CCCC3)nc21.Cl. The summed E-state index contributed by atoms with van der Waals surface area (Å²) in [5, 5.41) is 5.42. The molecular formula is C20H22ClF2N5O2. The van der Waals surface area contributed by atoms with Gasteiger partial charge in [0, 0.05) is 37.8 Å². The van der Waals surface area contributed by atoms with Crippen LogP contribution in [0.4, 0.5) is 14.7 Å². The summed E-state index contributed by atoms with van der Waals surface area (Å²) in [4.78, 5) is 21.8. The maximum atomic E-state index is 14.0. The summed E-state index contributed by atoms with van der Waals surface area (Å²) in [7, 11) is 3.38. The van der Waals surface area contributed by atoms with E-state index in [4.69, 9.17) is 4.74 Å². The number of rotatable bonds is 5. The highest BCUT2D eigenvalue weighted by Crippen LogP contribution is 2.26. The van der Waals surface area contributed by atoms with Crippen molar-refractivity contribution in [2.75, 3.05) is 24.4 Å². The Labute approximate surface area is 178 Å². The first-order chi connectivity index (χ1) is 13.9. The molecule has 0 radical (unpaired) electrons. The van der Waals surface area contributed by atoms with E-state index in [1.807, 2.05) is 0 Å². The lowest BCUT2D eigenvalue weighted by Gasteiger charge is -2.20. The summed E-state index contributed by atoms with van der Waals surface area (Å²) < 4.78 is 33.9. The second kappa shape index (κ2) is 8.83. The van der Waals surface area contributed by atoms with Gasteiger partial charge in [0.25, 0.3) is 0 Å². The molecule has 2 aromatic heterocycles. The second-order valence-electron chi connectivity index (χ2n) is 7.25. The van der Waals surface area contributed by atoms with Crippen LogP contribution < -0.4 is 20.6 Å². The molecule has 1 saturated carbocycles. The summed E-state index contributed by atoms with van der Waals surface area (Å²) in [5.41, 5.74) is -0.112. The van der Waals surface area contributed by atoms with Gasteiger partial charge < -0.3 is 15.1 Å². The average Bonchev–Trinajstić information content (AvgIpc) is 3.17. The maximum Gasteiger partial charge on any atom is 0.313 e. The normalized spacial score (nSPS) is 13.9. The zero-order valence-corrected chi connectivity index (χ0v) is 17.4. The van der Waals surface area contributed by atoms with Gasteiger partial charge in [-0.1, -0.05) is 12.8 Å². The van der Waals surface area contributed by atoms with Crippen molar-refractivity contribution < 1.29 is 13.5 Å². The van der Waals surface area contributed by atoms with E-state index in [0.717, 1.165) is 25.0 Å². The molecule has 3 aromatic rings. The number of benzene rings is 1. The number of ether oxygens (including phenoxy) is 1. The molecule has 10 heteroatoms. The van der Waals surface area contributed by atoms with Crippen molar-refractivity contribution in [3.63, 3.8) is 0 Å². The lowest BCUT2D eigenvalue weighted by Crippen LogP contribution is -2.37. The van der Waals surface area contributed by atoms with Crippen molar-refractivity contribution in [2.45, 2.75) is 31.7 Å². The van der Waals surface area contributed by atoms with E-state index >= 15 is 0 Å². The van der Waals surface area contributed by atoms with Crippen LogP contribution in [0.5, 0.6) is 11.5 Å². The first kappa shape index (κ1) is 21.8. The van der Waals surface area contributed by atoms with Gasteiger partial charge in [-0.3, -0.25) is 4.79 Å². The lowest BCUT2D eigenvalue weighted by atomic mass is 10.2. The number of pyridine rings is 1. The Hall–Kier alpha value is -2.94. The van der Waals surface area contributed by atoms with Crippen LogP contribution >= 0.6 is 12.4 Å². The van der Waals surface area contributed by atoms with Crippen LogP contribution in [-0.2, 0) is 0 Å². The van der Waals surface area contributed by atoms with Gasteiger partial charge in [-0.05, 0) is 31.0 Å². The van der Waals surface area contributed by atoms with E-state index < -0.39 is 17.2 Å². The van der Waals surface area contributed by atoms with Crippen LogP contribution in [0.25, 0.3) is 11.0 Å². The minimum absolute atomic E-state index is 0. The minimum Gasteiger partial charge on any atom is -0.448 e. The number of nitrogens with zero attached hydrogens (tertiary/aromatic N) is 4. The van der Waals surface area contributed by atoms with E-state index in [1.165, 1.54) is 23.6 Å². The topological polar surface area (TPSA) is 72.3 Å². The van der Waals surface area contributed by atoms with Gasteiger partial charge in [0.05, 0.1) is 0 Å². The quantitative estimate of drug-likeness (QED) is 0.654. The third-order valence-electron chi connectivity index (χ3n) is 4.89. The minimum atomic E-state index is -0.895. The van der Waals surface area contributed by atoms with Crippen molar-refractivity contribution in [1.82, 2.24) is 14.6 Å². The summed E-state index contributed by atoms with van der Waals surface area (Å²) in [6.07, 6.45) is 6.07. The van der Waals surface area contributed by atoms with Gasteiger partial charge in [0.15, 0.2) is 23.0 Å². The molecule has 1 aliphatic rings. The molecule has 30 heavy (non-hydrogen) atoms. The molecule has 1 aliphatic carbocycles. The molecule has 160 valence electrons. The van der Waals surface area contributed by atoms with Crippen molar-refractivity contribution in [3.8, 4) is 11.5 Å². The van der Waals surface area contributed by atoms with E-state index in [0.29, 0.717) is 29.1 Å². The molecule has 0 amide bonds. The van der Waals surface area contributed by atoms with E-state index in [1.54, 1.807) is 25.3 Å². The number of aromatic nitrogens is 3. The predicted molar refractivity (Wildman–Crippen MR) is 113 cm³/mol. The van der Waals surface area contributed by atoms with Crippen LogP contribution in [0.2, 0.25) is 0 Å². The Balaban J connectivity index is 0.00000256. The summed E-state index contributed by atoms with van der Waals surface area (Å²) in [5.74, 6) is -1.52. The fraction of sp³-hybridized carbons (Fsp3) is 0.350. The number of halogens is 3. The fourth-order valence-corrected chi connectivity index (χ4v) is 3.50. The molecule has 0 saturated heterocycles. The largest absolute Gasteiger partial charge is 0.448 e. The molecule has 0 aliphatic heterocycles. The van der Waals surface area contributed by atoms with Crippen LogP contribution in [0.1, 0.15) is 25.7 Å². The van der Waals surface area contributed by atoms with Crippen LogP contribution in [-0.4, -0.2) is 34.8 Å². The average molecular weight is 438 g/mol. The van der Waals surface area contributed by atoms with Gasteiger partial charge in [-0.15, -0.1) is 12.4 Å². The Morgan fingerprint density at radius 1 is 1.17 bits per heavy atom. The zero-order chi connectivity index (χ0) is 20.5. The van der Waals surface area contributed by atoms with Gasteiger partial charge in [0.1, 0.15) is 5.82 Å². The number of fused-ring (bicyclic) bond motifs is 1. The molecule has 2 heterocycles. The molecule has 1 N–H and O–H groups in total. The molecule has 1 aromatic carbocycles.